The minimum atomic E-state index is -4.40. The molecule has 0 amide bonds. The molecule has 0 saturated carbocycles. The lowest BCUT2D eigenvalue weighted by Gasteiger charge is -2.12. The van der Waals surface area contributed by atoms with Crippen LogP contribution in [0.4, 0.5) is 13.2 Å². The Bertz CT molecular complexity index is 1010. The number of imidazole rings is 1. The smallest absolute Gasteiger partial charge is 0.396 e. The fourth-order valence-corrected chi connectivity index (χ4v) is 2.93. The van der Waals surface area contributed by atoms with E-state index in [2.05, 4.69) is 4.98 Å². The summed E-state index contributed by atoms with van der Waals surface area (Å²) in [6.07, 6.45) is -5.57. The number of nitriles is 1. The van der Waals surface area contributed by atoms with Gasteiger partial charge in [-0.1, -0.05) is 23.2 Å². The molecule has 0 N–H and O–H groups in total. The monoisotopic (exact) mass is 413 g/mol. The van der Waals surface area contributed by atoms with E-state index in [1.54, 1.807) is 24.3 Å². The first-order chi connectivity index (χ1) is 12.8. The minimum Gasteiger partial charge on any atom is -0.492 e. The maximum absolute atomic E-state index is 12.9. The zero-order valence-electron chi connectivity index (χ0n) is 13.7. The van der Waals surface area contributed by atoms with Gasteiger partial charge in [0, 0.05) is 0 Å². The van der Waals surface area contributed by atoms with Gasteiger partial charge in [-0.05, 0) is 36.4 Å². The summed E-state index contributed by atoms with van der Waals surface area (Å²) in [6, 6.07) is 11.4. The van der Waals surface area contributed by atoms with Gasteiger partial charge in [0.25, 0.3) is 0 Å². The third-order valence-electron chi connectivity index (χ3n) is 3.79. The quantitative estimate of drug-likeness (QED) is 0.562. The van der Waals surface area contributed by atoms with Crippen LogP contribution < -0.4 is 4.74 Å². The second-order valence-corrected chi connectivity index (χ2v) is 6.53. The van der Waals surface area contributed by atoms with Gasteiger partial charge in [0.2, 0.25) is 0 Å². The second kappa shape index (κ2) is 7.67. The van der Waals surface area contributed by atoms with Crippen molar-refractivity contribution in [3.05, 3.63) is 57.8 Å². The lowest BCUT2D eigenvalue weighted by molar-refractivity contribution is -0.128. The van der Waals surface area contributed by atoms with E-state index < -0.39 is 12.6 Å². The van der Waals surface area contributed by atoms with Crippen LogP contribution >= 0.6 is 23.2 Å². The highest BCUT2D eigenvalue weighted by Crippen LogP contribution is 2.30. The Balaban J connectivity index is 1.85. The summed E-state index contributed by atoms with van der Waals surface area (Å²) >= 11 is 11.9. The summed E-state index contributed by atoms with van der Waals surface area (Å²) in [5.74, 6) is 0.371. The van der Waals surface area contributed by atoms with E-state index in [0.29, 0.717) is 22.3 Å². The van der Waals surface area contributed by atoms with Crippen LogP contribution in [0.3, 0.4) is 0 Å². The van der Waals surface area contributed by atoms with Crippen molar-refractivity contribution < 1.29 is 17.9 Å². The predicted octanol–water partition coefficient (Wildman–Crippen LogP) is 5.40. The van der Waals surface area contributed by atoms with E-state index in [4.69, 9.17) is 33.2 Å². The molecule has 0 aliphatic heterocycles. The molecule has 3 aromatic rings. The molecule has 3 rings (SSSR count). The van der Waals surface area contributed by atoms with Crippen LogP contribution in [-0.2, 0) is 13.0 Å². The number of alkyl halides is 3. The first kappa shape index (κ1) is 19.3. The molecule has 0 atom stereocenters. The third kappa shape index (κ3) is 4.65. The second-order valence-electron chi connectivity index (χ2n) is 5.71. The zero-order chi connectivity index (χ0) is 19.6. The Hall–Kier alpha value is -2.43. The van der Waals surface area contributed by atoms with Crippen LogP contribution in [0.2, 0.25) is 10.0 Å². The summed E-state index contributed by atoms with van der Waals surface area (Å²) < 4.78 is 45.7. The lowest BCUT2D eigenvalue weighted by Crippen LogP contribution is -2.18. The van der Waals surface area contributed by atoms with E-state index in [-0.39, 0.29) is 29.0 Å². The molecule has 27 heavy (non-hydrogen) atoms. The number of ether oxygens (including phenoxy) is 1. The fourth-order valence-electron chi connectivity index (χ4n) is 2.61. The number of aromatic nitrogens is 2. The van der Waals surface area contributed by atoms with Crippen molar-refractivity contribution >= 4 is 34.2 Å². The zero-order valence-corrected chi connectivity index (χ0v) is 15.2. The van der Waals surface area contributed by atoms with Crippen LogP contribution in [0.25, 0.3) is 11.0 Å². The molecule has 0 saturated heterocycles. The number of fused-ring (bicyclic) bond motifs is 1. The van der Waals surface area contributed by atoms with Crippen molar-refractivity contribution in [3.63, 3.8) is 0 Å². The molecule has 0 spiro atoms. The van der Waals surface area contributed by atoms with E-state index in [0.717, 1.165) is 0 Å². The highest BCUT2D eigenvalue weighted by atomic mass is 35.5. The molecule has 0 unspecified atom stereocenters. The van der Waals surface area contributed by atoms with Crippen LogP contribution in [0.5, 0.6) is 5.75 Å². The van der Waals surface area contributed by atoms with Crippen LogP contribution in [-0.4, -0.2) is 22.3 Å². The maximum atomic E-state index is 12.9. The number of hydrogen-bond acceptors (Lipinski definition) is 3. The standard InChI is InChI=1S/C18H12Cl2F3N3O/c19-13-7-15-16(8-14(13)20)26(17(25-15)9-18(21,22)23)5-6-27-12-3-1-11(10-24)2-4-12/h1-4,7-8H,5-6,9H2. The molecule has 0 bridgehead atoms. The number of rotatable bonds is 5. The van der Waals surface area contributed by atoms with Crippen LogP contribution in [0.15, 0.2) is 36.4 Å². The summed E-state index contributed by atoms with van der Waals surface area (Å²) in [5.41, 5.74) is 1.27. The molecule has 2 aromatic carbocycles. The molecular formula is C18H12Cl2F3N3O. The van der Waals surface area contributed by atoms with Gasteiger partial charge in [0.15, 0.2) is 0 Å². The first-order valence-corrected chi connectivity index (χ1v) is 8.56. The molecule has 1 aromatic heterocycles. The maximum Gasteiger partial charge on any atom is 0.396 e. The molecule has 9 heteroatoms. The SMILES string of the molecule is N#Cc1ccc(OCCn2c(CC(F)(F)F)nc3cc(Cl)c(Cl)cc32)cc1. The molecule has 0 aliphatic carbocycles. The largest absolute Gasteiger partial charge is 0.492 e. The summed E-state index contributed by atoms with van der Waals surface area (Å²) in [4.78, 5) is 4.06. The van der Waals surface area contributed by atoms with E-state index in [1.807, 2.05) is 6.07 Å². The minimum absolute atomic E-state index is 0.114. The van der Waals surface area contributed by atoms with Crippen molar-refractivity contribution in [3.8, 4) is 11.8 Å². The Labute approximate surface area is 162 Å². The normalized spacial score (nSPS) is 11.6. The average Bonchev–Trinajstić information content (AvgIpc) is 2.90. The number of benzene rings is 2. The Morgan fingerprint density at radius 3 is 2.41 bits per heavy atom. The number of halogens is 5. The molecule has 0 radical (unpaired) electrons. The fraction of sp³-hybridized carbons (Fsp3) is 0.222. The summed E-state index contributed by atoms with van der Waals surface area (Å²) in [7, 11) is 0. The summed E-state index contributed by atoms with van der Waals surface area (Å²) in [5, 5.41) is 9.24. The molecule has 0 fully saturated rings. The van der Waals surface area contributed by atoms with Gasteiger partial charge in [-0.2, -0.15) is 18.4 Å². The van der Waals surface area contributed by atoms with Crippen molar-refractivity contribution in [2.45, 2.75) is 19.1 Å². The first-order valence-electron chi connectivity index (χ1n) is 7.81. The van der Waals surface area contributed by atoms with Gasteiger partial charge in [0.05, 0.1) is 39.3 Å². The van der Waals surface area contributed by atoms with Gasteiger partial charge in [0.1, 0.15) is 24.6 Å². The average molecular weight is 414 g/mol. The Kier molecular flexibility index (Phi) is 5.49. The van der Waals surface area contributed by atoms with Crippen molar-refractivity contribution in [2.75, 3.05) is 6.61 Å². The number of hydrogen-bond donors (Lipinski definition) is 0. The van der Waals surface area contributed by atoms with Gasteiger partial charge >= 0.3 is 6.18 Å². The predicted molar refractivity (Wildman–Crippen MR) is 96.2 cm³/mol. The van der Waals surface area contributed by atoms with E-state index in [1.165, 1.54) is 16.7 Å². The topological polar surface area (TPSA) is 50.8 Å². The molecule has 4 nitrogen and oxygen atoms in total. The molecular weight excluding hydrogens is 402 g/mol. The molecule has 1 heterocycles. The van der Waals surface area contributed by atoms with E-state index >= 15 is 0 Å². The lowest BCUT2D eigenvalue weighted by atomic mass is 10.2. The highest BCUT2D eigenvalue weighted by molar-refractivity contribution is 6.42. The van der Waals surface area contributed by atoms with Crippen molar-refractivity contribution in [2.24, 2.45) is 0 Å². The van der Waals surface area contributed by atoms with Crippen molar-refractivity contribution in [1.82, 2.24) is 9.55 Å². The van der Waals surface area contributed by atoms with Gasteiger partial charge in [-0.25, -0.2) is 4.98 Å². The van der Waals surface area contributed by atoms with E-state index in [9.17, 15) is 13.2 Å². The van der Waals surface area contributed by atoms with Gasteiger partial charge in [-0.15, -0.1) is 0 Å². The Morgan fingerprint density at radius 2 is 1.78 bits per heavy atom. The highest BCUT2D eigenvalue weighted by Gasteiger charge is 2.31. The van der Waals surface area contributed by atoms with Crippen LogP contribution in [0, 0.1) is 11.3 Å². The van der Waals surface area contributed by atoms with Crippen molar-refractivity contribution in [1.29, 1.82) is 5.26 Å². The third-order valence-corrected chi connectivity index (χ3v) is 4.52. The number of nitrogens with zero attached hydrogens (tertiary/aromatic N) is 3. The van der Waals surface area contributed by atoms with Gasteiger partial charge in [-0.3, -0.25) is 0 Å². The van der Waals surface area contributed by atoms with Gasteiger partial charge < -0.3 is 9.30 Å². The molecule has 140 valence electrons. The molecule has 0 aliphatic rings. The Morgan fingerprint density at radius 1 is 1.11 bits per heavy atom. The van der Waals surface area contributed by atoms with Crippen LogP contribution in [0.1, 0.15) is 11.4 Å². The summed E-state index contributed by atoms with van der Waals surface area (Å²) in [6.45, 7) is 0.252.